The third kappa shape index (κ3) is 6.45. The molecule has 0 saturated carbocycles. The highest BCUT2D eigenvalue weighted by Crippen LogP contribution is 2.03. The normalized spacial score (nSPS) is 17.7. The molecule has 0 aromatic carbocycles. The molecule has 86 valence electrons. The van der Waals surface area contributed by atoms with Crippen molar-refractivity contribution < 1.29 is 13.2 Å². The van der Waals surface area contributed by atoms with Crippen LogP contribution in [0.15, 0.2) is 0 Å². The summed E-state index contributed by atoms with van der Waals surface area (Å²) in [6.45, 7) is 4.01. The second kappa shape index (κ2) is 8.32. The summed E-state index contributed by atoms with van der Waals surface area (Å²) in [5.74, 6) is 0. The van der Waals surface area contributed by atoms with E-state index in [1.807, 2.05) is 0 Å². The Morgan fingerprint density at radius 1 is 1.43 bits per heavy atom. The Morgan fingerprint density at radius 3 is 2.50 bits per heavy atom. The van der Waals surface area contributed by atoms with E-state index in [4.69, 9.17) is 4.55 Å². The largest absolute Gasteiger partial charge is 0.305 e. The Kier molecular flexibility index (Phi) is 8.32. The van der Waals surface area contributed by atoms with Crippen LogP contribution in [0.5, 0.6) is 0 Å². The standard InChI is InChI=1S/C9H20FNO2S/c1-3-4-5-6-7-11-9(8(2)10)14(12)13/h8-9,11H,3-7H2,1-2H3,(H,12,13). The number of alkyl halides is 1. The average molecular weight is 225 g/mol. The molecule has 0 bridgehead atoms. The Bertz CT molecular complexity index is 167. The molecule has 3 nitrogen and oxygen atoms in total. The van der Waals surface area contributed by atoms with Gasteiger partial charge in [-0.2, -0.15) is 0 Å². The minimum absolute atomic E-state index is 0.602. The Labute approximate surface area is 87.8 Å². The fourth-order valence-corrected chi connectivity index (χ4v) is 1.77. The lowest BCUT2D eigenvalue weighted by atomic mass is 10.2. The summed E-state index contributed by atoms with van der Waals surface area (Å²) in [4.78, 5) is 0. The molecule has 0 heterocycles. The van der Waals surface area contributed by atoms with Crippen molar-refractivity contribution in [3.8, 4) is 0 Å². The van der Waals surface area contributed by atoms with Crippen LogP contribution >= 0.6 is 0 Å². The van der Waals surface area contributed by atoms with Crippen molar-refractivity contribution in [2.45, 2.75) is 51.1 Å². The molecule has 0 aliphatic carbocycles. The van der Waals surface area contributed by atoms with Gasteiger partial charge in [0.25, 0.3) is 0 Å². The second-order valence-corrected chi connectivity index (χ2v) is 4.45. The van der Waals surface area contributed by atoms with Crippen LogP contribution in [0.3, 0.4) is 0 Å². The van der Waals surface area contributed by atoms with Gasteiger partial charge >= 0.3 is 0 Å². The molecule has 0 amide bonds. The first-order valence-electron chi connectivity index (χ1n) is 5.06. The summed E-state index contributed by atoms with van der Waals surface area (Å²) in [6.07, 6.45) is 3.00. The molecule has 0 aromatic heterocycles. The lowest BCUT2D eigenvalue weighted by molar-refractivity contribution is 0.312. The predicted octanol–water partition coefficient (Wildman–Crippen LogP) is 2.06. The highest BCUT2D eigenvalue weighted by Gasteiger charge is 2.21. The molecule has 0 radical (unpaired) electrons. The summed E-state index contributed by atoms with van der Waals surface area (Å²) >= 11 is -2.13. The lowest BCUT2D eigenvalue weighted by Gasteiger charge is -2.15. The van der Waals surface area contributed by atoms with Crippen molar-refractivity contribution in [2.24, 2.45) is 0 Å². The van der Waals surface area contributed by atoms with Crippen LogP contribution in [0.4, 0.5) is 4.39 Å². The van der Waals surface area contributed by atoms with Gasteiger partial charge in [0.1, 0.15) is 11.5 Å². The second-order valence-electron chi connectivity index (χ2n) is 3.39. The number of hydrogen-bond acceptors (Lipinski definition) is 2. The van der Waals surface area contributed by atoms with E-state index in [1.54, 1.807) is 0 Å². The molecule has 0 aliphatic heterocycles. The van der Waals surface area contributed by atoms with Crippen molar-refractivity contribution in [2.75, 3.05) is 6.54 Å². The first kappa shape index (κ1) is 14.0. The molecule has 0 fully saturated rings. The summed E-state index contributed by atoms with van der Waals surface area (Å²) in [5, 5.41) is 1.80. The molecule has 0 spiro atoms. The van der Waals surface area contributed by atoms with Crippen LogP contribution in [0.2, 0.25) is 0 Å². The van der Waals surface area contributed by atoms with Crippen molar-refractivity contribution in [3.05, 3.63) is 0 Å². The zero-order valence-electron chi connectivity index (χ0n) is 8.83. The third-order valence-electron chi connectivity index (χ3n) is 2.01. The molecular formula is C9H20FNO2S. The van der Waals surface area contributed by atoms with Gasteiger partial charge in [0.05, 0.1) is 0 Å². The van der Waals surface area contributed by atoms with Crippen molar-refractivity contribution in [3.63, 3.8) is 0 Å². The van der Waals surface area contributed by atoms with Gasteiger partial charge in [0.2, 0.25) is 0 Å². The SMILES string of the molecule is CCCCCCNC(C(C)F)S(=O)O. The quantitative estimate of drug-likeness (QED) is 0.491. The van der Waals surface area contributed by atoms with Crippen LogP contribution in [0.25, 0.3) is 0 Å². The molecule has 0 aromatic rings. The zero-order chi connectivity index (χ0) is 11.0. The van der Waals surface area contributed by atoms with Crippen LogP contribution in [-0.2, 0) is 11.1 Å². The van der Waals surface area contributed by atoms with E-state index in [-0.39, 0.29) is 0 Å². The molecule has 3 atom stereocenters. The Balaban J connectivity index is 3.57. The minimum atomic E-state index is -2.13. The van der Waals surface area contributed by atoms with Crippen molar-refractivity contribution in [1.29, 1.82) is 0 Å². The van der Waals surface area contributed by atoms with Gasteiger partial charge in [0.15, 0.2) is 11.1 Å². The summed E-state index contributed by atoms with van der Waals surface area (Å²) < 4.78 is 32.2. The Morgan fingerprint density at radius 2 is 2.07 bits per heavy atom. The van der Waals surface area contributed by atoms with Gasteiger partial charge < -0.3 is 4.55 Å². The lowest BCUT2D eigenvalue weighted by Crippen LogP contribution is -2.40. The van der Waals surface area contributed by atoms with Crippen LogP contribution < -0.4 is 5.32 Å². The predicted molar refractivity (Wildman–Crippen MR) is 57.3 cm³/mol. The van der Waals surface area contributed by atoms with Crippen LogP contribution in [0.1, 0.15) is 39.5 Å². The Hall–Kier alpha value is -0.0000000000000000486. The maximum absolute atomic E-state index is 12.8. The third-order valence-corrected chi connectivity index (χ3v) is 2.99. The number of nitrogens with one attached hydrogen (secondary N) is 1. The number of unbranched alkanes of at least 4 members (excludes halogenated alkanes) is 3. The number of rotatable bonds is 8. The topological polar surface area (TPSA) is 49.3 Å². The highest BCUT2D eigenvalue weighted by atomic mass is 32.2. The monoisotopic (exact) mass is 225 g/mol. The van der Waals surface area contributed by atoms with Crippen LogP contribution in [0, 0.1) is 0 Å². The molecule has 3 unspecified atom stereocenters. The van der Waals surface area contributed by atoms with E-state index < -0.39 is 22.6 Å². The summed E-state index contributed by atoms with van der Waals surface area (Å²) in [6, 6.07) is 0. The van der Waals surface area contributed by atoms with Gasteiger partial charge in [0, 0.05) is 0 Å². The molecule has 2 N–H and O–H groups in total. The zero-order valence-corrected chi connectivity index (χ0v) is 9.65. The van der Waals surface area contributed by atoms with Gasteiger partial charge in [-0.3, -0.25) is 5.32 Å². The van der Waals surface area contributed by atoms with E-state index in [0.717, 1.165) is 25.7 Å². The van der Waals surface area contributed by atoms with Gasteiger partial charge in [-0.1, -0.05) is 26.2 Å². The average Bonchev–Trinajstić information content (AvgIpc) is 2.09. The van der Waals surface area contributed by atoms with E-state index >= 15 is 0 Å². The fourth-order valence-electron chi connectivity index (χ4n) is 1.19. The van der Waals surface area contributed by atoms with E-state index in [9.17, 15) is 8.60 Å². The number of halogens is 1. The molecule has 0 saturated heterocycles. The maximum atomic E-state index is 12.8. The smallest absolute Gasteiger partial charge is 0.173 e. The minimum Gasteiger partial charge on any atom is -0.305 e. The highest BCUT2D eigenvalue weighted by molar-refractivity contribution is 7.79. The molecule has 0 aliphatic rings. The molecule has 0 rings (SSSR count). The van der Waals surface area contributed by atoms with E-state index in [2.05, 4.69) is 12.2 Å². The van der Waals surface area contributed by atoms with Gasteiger partial charge in [-0.25, -0.2) is 8.60 Å². The fraction of sp³-hybridized carbons (Fsp3) is 1.00. The maximum Gasteiger partial charge on any atom is 0.173 e. The van der Waals surface area contributed by atoms with E-state index in [1.165, 1.54) is 6.92 Å². The first-order valence-corrected chi connectivity index (χ1v) is 6.23. The van der Waals surface area contributed by atoms with Crippen molar-refractivity contribution >= 4 is 11.1 Å². The number of hydrogen-bond donors (Lipinski definition) is 2. The van der Waals surface area contributed by atoms with Gasteiger partial charge in [-0.05, 0) is 19.9 Å². The molecule has 5 heteroatoms. The summed E-state index contributed by atoms with van der Waals surface area (Å²) in [5.41, 5.74) is 0. The van der Waals surface area contributed by atoms with Gasteiger partial charge in [-0.15, -0.1) is 0 Å². The molecule has 14 heavy (non-hydrogen) atoms. The molecular weight excluding hydrogens is 205 g/mol. The van der Waals surface area contributed by atoms with Crippen molar-refractivity contribution in [1.82, 2.24) is 5.32 Å². The summed E-state index contributed by atoms with van der Waals surface area (Å²) in [7, 11) is 0. The van der Waals surface area contributed by atoms with E-state index in [0.29, 0.717) is 6.54 Å². The first-order chi connectivity index (χ1) is 6.59. The van der Waals surface area contributed by atoms with Crippen LogP contribution in [-0.4, -0.2) is 26.9 Å².